The van der Waals surface area contributed by atoms with Gasteiger partial charge in [0.1, 0.15) is 0 Å². The van der Waals surface area contributed by atoms with Gasteiger partial charge in [-0.25, -0.2) is 9.97 Å². The standard InChI is InChI=1S/C8H12N4/c1-3-10-4-7-5-11-8(9-2)12-6-7/h4-6H,3H2,1-2H3,(H,9,11,12). The maximum atomic E-state index is 4.07. The van der Waals surface area contributed by atoms with Crippen LogP contribution in [0.5, 0.6) is 0 Å². The molecule has 0 aliphatic heterocycles. The highest BCUT2D eigenvalue weighted by Gasteiger charge is 1.90. The number of nitrogens with one attached hydrogen (secondary N) is 1. The first kappa shape index (κ1) is 8.64. The average Bonchev–Trinajstić information content (AvgIpc) is 2.15. The number of rotatable bonds is 3. The van der Waals surface area contributed by atoms with Crippen LogP contribution in [0.4, 0.5) is 5.95 Å². The third kappa shape index (κ3) is 2.30. The Bertz CT molecular complexity index is 252. The summed E-state index contributed by atoms with van der Waals surface area (Å²) < 4.78 is 0. The molecule has 1 heterocycles. The molecule has 0 spiro atoms. The van der Waals surface area contributed by atoms with Crippen molar-refractivity contribution >= 4 is 12.2 Å². The monoisotopic (exact) mass is 164 g/mol. The quantitative estimate of drug-likeness (QED) is 0.677. The highest BCUT2D eigenvalue weighted by atomic mass is 15.1. The summed E-state index contributed by atoms with van der Waals surface area (Å²) in [7, 11) is 1.79. The molecule has 0 aromatic carbocycles. The molecule has 0 unspecified atom stereocenters. The highest BCUT2D eigenvalue weighted by molar-refractivity contribution is 5.78. The molecule has 0 amide bonds. The molecule has 0 saturated heterocycles. The van der Waals surface area contributed by atoms with Crippen molar-refractivity contribution in [3.63, 3.8) is 0 Å². The summed E-state index contributed by atoms with van der Waals surface area (Å²) in [5.41, 5.74) is 0.927. The average molecular weight is 164 g/mol. The summed E-state index contributed by atoms with van der Waals surface area (Å²) in [6.45, 7) is 2.77. The van der Waals surface area contributed by atoms with Crippen LogP contribution < -0.4 is 5.32 Å². The molecule has 0 fully saturated rings. The van der Waals surface area contributed by atoms with Gasteiger partial charge in [0.25, 0.3) is 0 Å². The van der Waals surface area contributed by atoms with E-state index < -0.39 is 0 Å². The minimum atomic E-state index is 0.628. The topological polar surface area (TPSA) is 50.2 Å². The summed E-state index contributed by atoms with van der Waals surface area (Å²) in [6, 6.07) is 0. The molecule has 0 atom stereocenters. The van der Waals surface area contributed by atoms with Crippen LogP contribution in [0.2, 0.25) is 0 Å². The van der Waals surface area contributed by atoms with Crippen molar-refractivity contribution < 1.29 is 0 Å². The summed E-state index contributed by atoms with van der Waals surface area (Å²) in [5, 5.41) is 2.84. The van der Waals surface area contributed by atoms with Crippen molar-refractivity contribution in [2.75, 3.05) is 18.9 Å². The molecule has 64 valence electrons. The first-order valence-corrected chi connectivity index (χ1v) is 3.86. The zero-order chi connectivity index (χ0) is 8.81. The molecule has 1 N–H and O–H groups in total. The lowest BCUT2D eigenvalue weighted by molar-refractivity contribution is 1.12. The molecule has 12 heavy (non-hydrogen) atoms. The summed E-state index contributed by atoms with van der Waals surface area (Å²) >= 11 is 0. The predicted molar refractivity (Wildman–Crippen MR) is 49.7 cm³/mol. The van der Waals surface area contributed by atoms with E-state index in [0.29, 0.717) is 5.95 Å². The minimum absolute atomic E-state index is 0.628. The zero-order valence-corrected chi connectivity index (χ0v) is 7.28. The maximum Gasteiger partial charge on any atom is 0.222 e. The van der Waals surface area contributed by atoms with E-state index in [1.54, 1.807) is 25.7 Å². The number of nitrogens with zero attached hydrogens (tertiary/aromatic N) is 3. The molecular weight excluding hydrogens is 152 g/mol. The van der Waals surface area contributed by atoms with E-state index >= 15 is 0 Å². The summed E-state index contributed by atoms with van der Waals surface area (Å²) in [6.07, 6.45) is 5.23. The third-order valence-corrected chi connectivity index (χ3v) is 1.32. The molecule has 0 radical (unpaired) electrons. The van der Waals surface area contributed by atoms with Crippen molar-refractivity contribution in [2.45, 2.75) is 6.92 Å². The fourth-order valence-corrected chi connectivity index (χ4v) is 0.730. The van der Waals surface area contributed by atoms with Crippen LogP contribution in [0, 0.1) is 0 Å². The molecule has 4 heteroatoms. The van der Waals surface area contributed by atoms with Gasteiger partial charge in [0.2, 0.25) is 5.95 Å². The molecule has 0 aliphatic carbocycles. The smallest absolute Gasteiger partial charge is 0.222 e. The van der Waals surface area contributed by atoms with Crippen LogP contribution in [0.3, 0.4) is 0 Å². The second-order valence-corrected chi connectivity index (χ2v) is 2.22. The molecule has 0 saturated carbocycles. The van der Waals surface area contributed by atoms with Crippen molar-refractivity contribution in [3.8, 4) is 0 Å². The Labute approximate surface area is 71.8 Å². The molecule has 4 nitrogen and oxygen atoms in total. The Balaban J connectivity index is 2.71. The van der Waals surface area contributed by atoms with Gasteiger partial charge >= 0.3 is 0 Å². The van der Waals surface area contributed by atoms with Gasteiger partial charge in [-0.05, 0) is 6.92 Å². The lowest BCUT2D eigenvalue weighted by atomic mass is 10.4. The van der Waals surface area contributed by atoms with Crippen molar-refractivity contribution in [2.24, 2.45) is 4.99 Å². The number of hydrogen-bond donors (Lipinski definition) is 1. The minimum Gasteiger partial charge on any atom is -0.357 e. The van der Waals surface area contributed by atoms with Crippen LogP contribution in [-0.4, -0.2) is 29.8 Å². The van der Waals surface area contributed by atoms with Crippen molar-refractivity contribution in [1.82, 2.24) is 9.97 Å². The molecule has 0 bridgehead atoms. The van der Waals surface area contributed by atoms with Crippen LogP contribution in [0.15, 0.2) is 17.4 Å². The summed E-state index contributed by atoms with van der Waals surface area (Å²) in [5.74, 6) is 0.628. The van der Waals surface area contributed by atoms with Gasteiger partial charge in [-0.15, -0.1) is 0 Å². The predicted octanol–water partition coefficient (Wildman–Crippen LogP) is 0.957. The van der Waals surface area contributed by atoms with E-state index in [2.05, 4.69) is 20.3 Å². The molecule has 0 aliphatic rings. The Hall–Kier alpha value is -1.45. The number of hydrogen-bond acceptors (Lipinski definition) is 4. The Morgan fingerprint density at radius 2 is 2.17 bits per heavy atom. The maximum absolute atomic E-state index is 4.07. The third-order valence-electron chi connectivity index (χ3n) is 1.32. The zero-order valence-electron chi connectivity index (χ0n) is 7.28. The van der Waals surface area contributed by atoms with Gasteiger partial charge < -0.3 is 5.32 Å². The Morgan fingerprint density at radius 3 is 2.67 bits per heavy atom. The van der Waals surface area contributed by atoms with E-state index in [-0.39, 0.29) is 0 Å². The highest BCUT2D eigenvalue weighted by Crippen LogP contribution is 1.95. The normalized spacial score (nSPS) is 10.5. The van der Waals surface area contributed by atoms with Gasteiger partial charge in [0, 0.05) is 37.8 Å². The lowest BCUT2D eigenvalue weighted by Crippen LogP contribution is -1.96. The van der Waals surface area contributed by atoms with Gasteiger partial charge in [0.15, 0.2) is 0 Å². The van der Waals surface area contributed by atoms with E-state index in [9.17, 15) is 0 Å². The molecule has 1 aromatic rings. The fraction of sp³-hybridized carbons (Fsp3) is 0.375. The number of aliphatic imine (C=N–C) groups is 1. The van der Waals surface area contributed by atoms with Crippen LogP contribution in [-0.2, 0) is 0 Å². The Kier molecular flexibility index (Phi) is 3.19. The first-order valence-electron chi connectivity index (χ1n) is 3.86. The first-order chi connectivity index (χ1) is 5.86. The van der Waals surface area contributed by atoms with E-state index in [1.165, 1.54) is 0 Å². The van der Waals surface area contributed by atoms with E-state index in [4.69, 9.17) is 0 Å². The van der Waals surface area contributed by atoms with Gasteiger partial charge in [-0.3, -0.25) is 4.99 Å². The van der Waals surface area contributed by atoms with Gasteiger partial charge in [-0.1, -0.05) is 0 Å². The van der Waals surface area contributed by atoms with Gasteiger partial charge in [-0.2, -0.15) is 0 Å². The van der Waals surface area contributed by atoms with Crippen molar-refractivity contribution in [3.05, 3.63) is 18.0 Å². The van der Waals surface area contributed by atoms with Crippen LogP contribution in [0.1, 0.15) is 12.5 Å². The second-order valence-electron chi connectivity index (χ2n) is 2.22. The SMILES string of the molecule is CCN=Cc1cnc(NC)nc1. The Morgan fingerprint density at radius 1 is 1.50 bits per heavy atom. The summed E-state index contributed by atoms with van der Waals surface area (Å²) in [4.78, 5) is 12.1. The van der Waals surface area contributed by atoms with Crippen LogP contribution >= 0.6 is 0 Å². The molecule has 1 aromatic heterocycles. The van der Waals surface area contributed by atoms with Gasteiger partial charge in [0.05, 0.1) is 0 Å². The fourth-order valence-electron chi connectivity index (χ4n) is 0.730. The second kappa shape index (κ2) is 4.43. The lowest BCUT2D eigenvalue weighted by Gasteiger charge is -1.96. The number of aromatic nitrogens is 2. The molecule has 1 rings (SSSR count). The largest absolute Gasteiger partial charge is 0.357 e. The van der Waals surface area contributed by atoms with E-state index in [1.807, 2.05) is 6.92 Å². The van der Waals surface area contributed by atoms with Crippen molar-refractivity contribution in [1.29, 1.82) is 0 Å². The van der Waals surface area contributed by atoms with Crippen LogP contribution in [0.25, 0.3) is 0 Å². The molecular formula is C8H12N4. The number of anilines is 1. The van der Waals surface area contributed by atoms with E-state index in [0.717, 1.165) is 12.1 Å².